The molecule has 0 spiro atoms. The van der Waals surface area contributed by atoms with E-state index in [1.54, 1.807) is 13.8 Å². The van der Waals surface area contributed by atoms with E-state index in [0.29, 0.717) is 18.0 Å². The molecule has 0 aromatic heterocycles. The highest BCUT2D eigenvalue weighted by atomic mass is 19.4. The molecule has 0 aromatic carbocycles. The number of nitrogens with zero attached hydrogens (tertiary/aromatic N) is 2. The second kappa shape index (κ2) is 3.88. The normalized spacial score (nSPS) is 24.8. The van der Waals surface area contributed by atoms with Gasteiger partial charge in [0, 0.05) is 30.7 Å². The number of alkyl halides is 3. The lowest BCUT2D eigenvalue weighted by Gasteiger charge is -2.51. The minimum atomic E-state index is -4.23. The Kier molecular flexibility index (Phi) is 3.34. The van der Waals surface area contributed by atoms with E-state index in [4.69, 9.17) is 0 Å². The SMILES string of the molecule is CC(C)(C)N1CCN(C(F)(F)F)C(C)(C)C1. The van der Waals surface area contributed by atoms with Crippen LogP contribution in [0.25, 0.3) is 0 Å². The van der Waals surface area contributed by atoms with Gasteiger partial charge in [-0.1, -0.05) is 0 Å². The van der Waals surface area contributed by atoms with Crippen LogP contribution in [-0.4, -0.2) is 46.8 Å². The van der Waals surface area contributed by atoms with Gasteiger partial charge in [-0.2, -0.15) is 13.2 Å². The zero-order chi connectivity index (χ0) is 12.8. The Labute approximate surface area is 95.4 Å². The van der Waals surface area contributed by atoms with Gasteiger partial charge in [-0.15, -0.1) is 0 Å². The fourth-order valence-electron chi connectivity index (χ4n) is 2.20. The van der Waals surface area contributed by atoms with E-state index in [-0.39, 0.29) is 12.1 Å². The van der Waals surface area contributed by atoms with Crippen molar-refractivity contribution in [1.82, 2.24) is 9.80 Å². The summed E-state index contributed by atoms with van der Waals surface area (Å²) >= 11 is 0. The standard InChI is InChI=1S/C11H21F3N2/c1-9(2,3)15-6-7-16(11(12,13)14)10(4,5)8-15/h6-8H2,1-5H3. The van der Waals surface area contributed by atoms with Gasteiger partial charge in [-0.05, 0) is 34.6 Å². The predicted molar refractivity (Wildman–Crippen MR) is 58.2 cm³/mol. The van der Waals surface area contributed by atoms with Crippen molar-refractivity contribution in [3.8, 4) is 0 Å². The highest BCUT2D eigenvalue weighted by molar-refractivity contribution is 4.94. The van der Waals surface area contributed by atoms with Gasteiger partial charge in [0.1, 0.15) is 0 Å². The molecular weight excluding hydrogens is 217 g/mol. The van der Waals surface area contributed by atoms with Crippen LogP contribution in [0.2, 0.25) is 0 Å². The molecule has 16 heavy (non-hydrogen) atoms. The molecule has 1 fully saturated rings. The van der Waals surface area contributed by atoms with E-state index in [0.717, 1.165) is 0 Å². The molecule has 96 valence electrons. The number of rotatable bonds is 0. The van der Waals surface area contributed by atoms with Crippen molar-refractivity contribution < 1.29 is 13.2 Å². The van der Waals surface area contributed by atoms with Crippen LogP contribution in [0.4, 0.5) is 13.2 Å². The van der Waals surface area contributed by atoms with Crippen LogP contribution in [0.1, 0.15) is 34.6 Å². The van der Waals surface area contributed by atoms with Gasteiger partial charge in [0.05, 0.1) is 0 Å². The first-order valence-corrected chi connectivity index (χ1v) is 5.54. The minimum absolute atomic E-state index is 0.0494. The third-order valence-corrected chi connectivity index (χ3v) is 3.16. The summed E-state index contributed by atoms with van der Waals surface area (Å²) in [6.45, 7) is 10.4. The maximum atomic E-state index is 12.8. The summed E-state index contributed by atoms with van der Waals surface area (Å²) in [5, 5.41) is 0. The lowest BCUT2D eigenvalue weighted by molar-refractivity contribution is -0.285. The third kappa shape index (κ3) is 2.88. The Morgan fingerprint density at radius 3 is 1.81 bits per heavy atom. The molecule has 0 N–H and O–H groups in total. The maximum Gasteiger partial charge on any atom is 0.460 e. The zero-order valence-electron chi connectivity index (χ0n) is 10.6. The Bertz CT molecular complexity index is 253. The van der Waals surface area contributed by atoms with Gasteiger partial charge in [-0.25, -0.2) is 4.90 Å². The molecule has 2 nitrogen and oxygen atoms in total. The van der Waals surface area contributed by atoms with Gasteiger partial charge in [0.2, 0.25) is 0 Å². The topological polar surface area (TPSA) is 6.48 Å². The van der Waals surface area contributed by atoms with Crippen LogP contribution < -0.4 is 0 Å². The smallest absolute Gasteiger partial charge is 0.295 e. The summed E-state index contributed by atoms with van der Waals surface area (Å²) in [5.74, 6) is 0. The summed E-state index contributed by atoms with van der Waals surface area (Å²) < 4.78 is 38.3. The van der Waals surface area contributed by atoms with Crippen molar-refractivity contribution in [2.24, 2.45) is 0 Å². The van der Waals surface area contributed by atoms with Crippen molar-refractivity contribution in [3.63, 3.8) is 0 Å². The highest BCUT2D eigenvalue weighted by Crippen LogP contribution is 2.34. The average Bonchev–Trinajstić information content (AvgIpc) is 1.97. The van der Waals surface area contributed by atoms with Gasteiger partial charge >= 0.3 is 6.30 Å². The van der Waals surface area contributed by atoms with E-state index >= 15 is 0 Å². The quantitative estimate of drug-likeness (QED) is 0.599. The molecule has 0 radical (unpaired) electrons. The van der Waals surface area contributed by atoms with E-state index in [1.165, 1.54) is 0 Å². The van der Waals surface area contributed by atoms with Crippen LogP contribution in [0.15, 0.2) is 0 Å². The summed E-state index contributed by atoms with van der Waals surface area (Å²) in [5.41, 5.74) is -0.932. The van der Waals surface area contributed by atoms with Crippen LogP contribution in [0.5, 0.6) is 0 Å². The molecule has 0 bridgehead atoms. The second-order valence-electron chi connectivity index (χ2n) is 6.02. The molecule has 0 aliphatic carbocycles. The van der Waals surface area contributed by atoms with E-state index < -0.39 is 11.8 Å². The van der Waals surface area contributed by atoms with Crippen molar-refractivity contribution in [3.05, 3.63) is 0 Å². The second-order valence-corrected chi connectivity index (χ2v) is 6.02. The van der Waals surface area contributed by atoms with E-state index in [9.17, 15) is 13.2 Å². The van der Waals surface area contributed by atoms with Crippen LogP contribution >= 0.6 is 0 Å². The summed E-state index contributed by atoms with van der Waals surface area (Å²) in [4.78, 5) is 2.75. The Morgan fingerprint density at radius 2 is 1.50 bits per heavy atom. The molecule has 0 unspecified atom stereocenters. The lowest BCUT2D eigenvalue weighted by atomic mass is 9.94. The fourth-order valence-corrected chi connectivity index (χ4v) is 2.20. The Hall–Kier alpha value is -0.290. The van der Waals surface area contributed by atoms with Crippen LogP contribution in [0, 0.1) is 0 Å². The van der Waals surface area contributed by atoms with Crippen molar-refractivity contribution >= 4 is 0 Å². The summed E-state index contributed by atoms with van der Waals surface area (Å²) in [6.07, 6.45) is -4.23. The number of piperazine rings is 1. The van der Waals surface area contributed by atoms with Crippen molar-refractivity contribution in [2.45, 2.75) is 52.0 Å². The first-order valence-electron chi connectivity index (χ1n) is 5.54. The average molecular weight is 238 g/mol. The molecule has 1 saturated heterocycles. The van der Waals surface area contributed by atoms with Gasteiger partial charge < -0.3 is 0 Å². The molecule has 0 saturated carbocycles. The monoisotopic (exact) mass is 238 g/mol. The third-order valence-electron chi connectivity index (χ3n) is 3.16. The molecule has 0 atom stereocenters. The number of hydrogen-bond acceptors (Lipinski definition) is 2. The molecule has 1 heterocycles. The molecular formula is C11H21F3N2. The number of halogens is 3. The molecule has 0 amide bonds. The fraction of sp³-hybridized carbons (Fsp3) is 1.00. The van der Waals surface area contributed by atoms with E-state index in [1.807, 2.05) is 20.8 Å². The Morgan fingerprint density at radius 1 is 1.00 bits per heavy atom. The van der Waals surface area contributed by atoms with Crippen LogP contribution in [-0.2, 0) is 0 Å². The molecule has 0 aromatic rings. The molecule has 1 aliphatic heterocycles. The Balaban J connectivity index is 2.82. The minimum Gasteiger partial charge on any atom is -0.295 e. The van der Waals surface area contributed by atoms with Gasteiger partial charge in [-0.3, -0.25) is 4.90 Å². The lowest BCUT2D eigenvalue weighted by Crippen LogP contribution is -2.66. The maximum absolute atomic E-state index is 12.8. The summed E-state index contributed by atoms with van der Waals surface area (Å²) in [7, 11) is 0. The first-order chi connectivity index (χ1) is 6.94. The van der Waals surface area contributed by atoms with Crippen molar-refractivity contribution in [1.29, 1.82) is 0 Å². The molecule has 5 heteroatoms. The van der Waals surface area contributed by atoms with Gasteiger partial charge in [0.15, 0.2) is 0 Å². The van der Waals surface area contributed by atoms with E-state index in [2.05, 4.69) is 4.90 Å². The molecule has 1 aliphatic rings. The summed E-state index contributed by atoms with van der Waals surface area (Å²) in [6, 6.07) is 0. The van der Waals surface area contributed by atoms with Gasteiger partial charge in [0.25, 0.3) is 0 Å². The van der Waals surface area contributed by atoms with Crippen molar-refractivity contribution in [2.75, 3.05) is 19.6 Å². The van der Waals surface area contributed by atoms with Crippen LogP contribution in [0.3, 0.4) is 0 Å². The zero-order valence-corrected chi connectivity index (χ0v) is 10.6. The first kappa shape index (κ1) is 13.8. The molecule has 1 rings (SSSR count). The predicted octanol–water partition coefficient (Wildman–Crippen LogP) is 2.70. The largest absolute Gasteiger partial charge is 0.460 e. The number of hydrogen-bond donors (Lipinski definition) is 0. The highest BCUT2D eigenvalue weighted by Gasteiger charge is 2.49.